The number of nitrogens with one attached hydrogen (secondary N) is 1. The lowest BCUT2D eigenvalue weighted by Crippen LogP contribution is -2.54. The molecule has 0 bridgehead atoms. The predicted molar refractivity (Wildman–Crippen MR) is 128 cm³/mol. The summed E-state index contributed by atoms with van der Waals surface area (Å²) in [5.74, 6) is 0.264. The number of piperidine rings is 1. The summed E-state index contributed by atoms with van der Waals surface area (Å²) in [6.45, 7) is 1.67. The standard InChI is InChI=1S/C24H28FN9O2/c25-21-15-32(13-17-3-4-19(20(35)11-17)34-29-8-9-30-34)10-6-24(21,5-7-26)33-14-18(22(27)36)23(31-33)28-12-16-1-2-16/h3-4,8-9,11,14,16,21,35H,1-2,5-6,10,12-13,15H2,(H2,27,36)(H,28,31). The van der Waals surface area contributed by atoms with Gasteiger partial charge in [0.1, 0.15) is 28.7 Å². The van der Waals surface area contributed by atoms with Gasteiger partial charge in [0.05, 0.1) is 24.9 Å². The lowest BCUT2D eigenvalue weighted by Gasteiger charge is -2.43. The Morgan fingerprint density at radius 2 is 2.11 bits per heavy atom. The molecule has 2 fully saturated rings. The van der Waals surface area contributed by atoms with E-state index in [1.807, 2.05) is 11.0 Å². The maximum atomic E-state index is 15.9. The number of phenols is 1. The number of amides is 1. The van der Waals surface area contributed by atoms with E-state index in [0.29, 0.717) is 43.5 Å². The average molecular weight is 494 g/mol. The highest BCUT2D eigenvalue weighted by molar-refractivity contribution is 5.97. The number of benzene rings is 1. The van der Waals surface area contributed by atoms with Gasteiger partial charge < -0.3 is 16.2 Å². The molecular weight excluding hydrogens is 465 g/mol. The number of hydrogen-bond donors (Lipinski definition) is 3. The van der Waals surface area contributed by atoms with E-state index in [4.69, 9.17) is 5.73 Å². The van der Waals surface area contributed by atoms with Crippen LogP contribution in [0.5, 0.6) is 5.75 Å². The summed E-state index contributed by atoms with van der Waals surface area (Å²) < 4.78 is 17.3. The van der Waals surface area contributed by atoms with Gasteiger partial charge in [0.15, 0.2) is 5.82 Å². The summed E-state index contributed by atoms with van der Waals surface area (Å²) in [4.78, 5) is 15.3. The summed E-state index contributed by atoms with van der Waals surface area (Å²) >= 11 is 0. The second kappa shape index (κ2) is 9.58. The van der Waals surface area contributed by atoms with E-state index in [2.05, 4.69) is 26.7 Å². The third kappa shape index (κ3) is 4.61. The Labute approximate surface area is 207 Å². The number of likely N-dealkylation sites (tertiary alicyclic amines) is 1. The summed E-state index contributed by atoms with van der Waals surface area (Å²) in [5, 5.41) is 35.7. The van der Waals surface area contributed by atoms with Gasteiger partial charge in [-0.3, -0.25) is 14.4 Å². The third-order valence-electron chi connectivity index (χ3n) is 7.02. The number of nitriles is 1. The molecule has 3 heterocycles. The lowest BCUT2D eigenvalue weighted by molar-refractivity contribution is 0.00692. The largest absolute Gasteiger partial charge is 0.506 e. The van der Waals surface area contributed by atoms with Gasteiger partial charge >= 0.3 is 0 Å². The second-order valence-electron chi connectivity index (χ2n) is 9.56. The highest BCUT2D eigenvalue weighted by Gasteiger charge is 2.46. The van der Waals surface area contributed by atoms with Crippen LogP contribution in [0.15, 0.2) is 36.8 Å². The molecule has 1 aromatic carbocycles. The number of nitrogens with zero attached hydrogens (tertiary/aromatic N) is 7. The van der Waals surface area contributed by atoms with Crippen molar-refractivity contribution in [3.05, 3.63) is 47.9 Å². The molecule has 2 aromatic heterocycles. The maximum absolute atomic E-state index is 15.9. The number of primary amides is 1. The number of aromatic hydroxyl groups is 1. The molecule has 0 radical (unpaired) electrons. The van der Waals surface area contributed by atoms with Crippen LogP contribution in [-0.4, -0.2) is 66.5 Å². The van der Waals surface area contributed by atoms with E-state index < -0.39 is 17.6 Å². The summed E-state index contributed by atoms with van der Waals surface area (Å²) in [5.41, 5.74) is 5.82. The van der Waals surface area contributed by atoms with Crippen molar-refractivity contribution < 1.29 is 14.3 Å². The van der Waals surface area contributed by atoms with Crippen molar-refractivity contribution in [2.24, 2.45) is 11.7 Å². The first-order valence-electron chi connectivity index (χ1n) is 12.0. The Hall–Kier alpha value is -3.98. The molecular formula is C24H28FN9O2. The van der Waals surface area contributed by atoms with Crippen LogP contribution in [0.25, 0.3) is 5.69 Å². The van der Waals surface area contributed by atoms with E-state index in [0.717, 1.165) is 18.4 Å². The molecule has 5 rings (SSSR count). The van der Waals surface area contributed by atoms with Crippen LogP contribution < -0.4 is 11.1 Å². The van der Waals surface area contributed by atoms with Crippen LogP contribution >= 0.6 is 0 Å². The fourth-order valence-corrected chi connectivity index (χ4v) is 4.73. The fraction of sp³-hybridized carbons (Fsp3) is 0.458. The molecule has 188 valence electrons. The molecule has 4 N–H and O–H groups in total. The van der Waals surface area contributed by atoms with Gasteiger partial charge in [-0.25, -0.2) is 4.39 Å². The van der Waals surface area contributed by atoms with Crippen molar-refractivity contribution in [1.29, 1.82) is 5.26 Å². The zero-order valence-corrected chi connectivity index (χ0v) is 19.7. The Morgan fingerprint density at radius 1 is 1.33 bits per heavy atom. The van der Waals surface area contributed by atoms with Gasteiger partial charge in [0, 0.05) is 32.4 Å². The zero-order chi connectivity index (χ0) is 25.3. The number of carbonyl (C=O) groups excluding carboxylic acids is 1. The molecule has 1 amide bonds. The molecule has 2 atom stereocenters. The number of halogens is 1. The topological polar surface area (TPSA) is 151 Å². The first kappa shape index (κ1) is 23.7. The minimum Gasteiger partial charge on any atom is -0.506 e. The van der Waals surface area contributed by atoms with E-state index in [-0.39, 0.29) is 24.3 Å². The maximum Gasteiger partial charge on any atom is 0.254 e. The molecule has 2 aliphatic rings. The van der Waals surface area contributed by atoms with Crippen molar-refractivity contribution in [3.63, 3.8) is 0 Å². The first-order valence-corrected chi connectivity index (χ1v) is 12.0. The number of aromatic nitrogens is 5. The number of alkyl halides is 1. The first-order chi connectivity index (χ1) is 17.4. The molecule has 2 unspecified atom stereocenters. The van der Waals surface area contributed by atoms with E-state index in [1.54, 1.807) is 12.1 Å². The predicted octanol–water partition coefficient (Wildman–Crippen LogP) is 1.94. The zero-order valence-electron chi connectivity index (χ0n) is 19.7. The molecule has 11 nitrogen and oxygen atoms in total. The summed E-state index contributed by atoms with van der Waals surface area (Å²) in [7, 11) is 0. The molecule has 36 heavy (non-hydrogen) atoms. The third-order valence-corrected chi connectivity index (χ3v) is 7.02. The van der Waals surface area contributed by atoms with Gasteiger partial charge in [0.25, 0.3) is 5.91 Å². The van der Waals surface area contributed by atoms with E-state index >= 15 is 4.39 Å². The van der Waals surface area contributed by atoms with Gasteiger partial charge in [-0.2, -0.15) is 20.6 Å². The van der Waals surface area contributed by atoms with Crippen molar-refractivity contribution in [1.82, 2.24) is 29.7 Å². The SMILES string of the molecule is N#CCC1(n2cc(C(N)=O)c(NCC3CC3)n2)CCN(Cc2ccc(-n3nccn3)c(O)c2)CC1F. The van der Waals surface area contributed by atoms with Crippen LogP contribution in [-0.2, 0) is 12.1 Å². The average Bonchev–Trinajstić information content (AvgIpc) is 3.32. The Kier molecular flexibility index (Phi) is 6.32. The number of carbonyl (C=O) groups is 1. The van der Waals surface area contributed by atoms with Crippen LogP contribution in [0, 0.1) is 17.2 Å². The fourth-order valence-electron chi connectivity index (χ4n) is 4.73. The van der Waals surface area contributed by atoms with Crippen LogP contribution in [0.1, 0.15) is 41.6 Å². The highest BCUT2D eigenvalue weighted by Crippen LogP contribution is 2.38. The molecule has 3 aromatic rings. The molecule has 1 saturated carbocycles. The van der Waals surface area contributed by atoms with Crippen molar-refractivity contribution in [2.45, 2.75) is 43.9 Å². The number of phenolic OH excluding ortho intramolecular Hbond substituents is 1. The van der Waals surface area contributed by atoms with Gasteiger partial charge in [-0.05, 0) is 42.9 Å². The molecule has 0 spiro atoms. The van der Waals surface area contributed by atoms with Crippen LogP contribution in [0.2, 0.25) is 0 Å². The molecule has 1 aliphatic heterocycles. The molecule has 1 aliphatic carbocycles. The monoisotopic (exact) mass is 493 g/mol. The van der Waals surface area contributed by atoms with E-state index in [9.17, 15) is 15.2 Å². The van der Waals surface area contributed by atoms with E-state index in [1.165, 1.54) is 28.1 Å². The Bertz CT molecular complexity index is 1280. The Balaban J connectivity index is 1.33. The van der Waals surface area contributed by atoms with Crippen molar-refractivity contribution >= 4 is 11.7 Å². The number of anilines is 1. The van der Waals surface area contributed by atoms with Crippen LogP contribution in [0.4, 0.5) is 10.2 Å². The smallest absolute Gasteiger partial charge is 0.254 e. The number of nitrogens with two attached hydrogens (primary N) is 1. The number of rotatable bonds is 9. The minimum absolute atomic E-state index is 0.0260. The summed E-state index contributed by atoms with van der Waals surface area (Å²) in [6.07, 6.45) is 5.59. The van der Waals surface area contributed by atoms with Gasteiger partial charge in [-0.15, -0.1) is 4.80 Å². The molecule has 12 heteroatoms. The lowest BCUT2D eigenvalue weighted by atomic mass is 9.83. The Morgan fingerprint density at radius 3 is 2.75 bits per heavy atom. The number of hydrogen-bond acceptors (Lipinski definition) is 8. The van der Waals surface area contributed by atoms with Crippen molar-refractivity contribution in [3.8, 4) is 17.5 Å². The highest BCUT2D eigenvalue weighted by atomic mass is 19.1. The minimum atomic E-state index is -1.41. The molecule has 1 saturated heterocycles. The van der Waals surface area contributed by atoms with Crippen LogP contribution in [0.3, 0.4) is 0 Å². The normalized spacial score (nSPS) is 22.3. The second-order valence-corrected chi connectivity index (χ2v) is 9.56. The quantitative estimate of drug-likeness (QED) is 0.409. The summed E-state index contributed by atoms with van der Waals surface area (Å²) in [6, 6.07) is 7.29. The van der Waals surface area contributed by atoms with Gasteiger partial charge in [-0.1, -0.05) is 6.07 Å². The van der Waals surface area contributed by atoms with Crippen molar-refractivity contribution in [2.75, 3.05) is 25.0 Å². The van der Waals surface area contributed by atoms with Gasteiger partial charge in [0.2, 0.25) is 0 Å².